The van der Waals surface area contributed by atoms with Crippen LogP contribution >= 0.6 is 15.9 Å². The van der Waals surface area contributed by atoms with Crippen molar-refractivity contribution in [1.29, 1.82) is 5.41 Å². The minimum Gasteiger partial charge on any atom is -0.384 e. The molecule has 0 saturated carbocycles. The molecule has 0 aliphatic heterocycles. The van der Waals surface area contributed by atoms with Gasteiger partial charge in [-0.3, -0.25) is 5.41 Å². The normalized spacial score (nSPS) is 10.6. The first-order valence-corrected chi connectivity index (χ1v) is 5.34. The summed E-state index contributed by atoms with van der Waals surface area (Å²) in [6, 6.07) is 5.01. The van der Waals surface area contributed by atoms with Crippen LogP contribution in [-0.4, -0.2) is 25.9 Å². The average Bonchev–Trinajstić information content (AvgIpc) is 2.15. The number of nitrogens with two attached hydrogens (primary N) is 1. The van der Waals surface area contributed by atoms with Crippen molar-refractivity contribution in [3.63, 3.8) is 0 Å². The third kappa shape index (κ3) is 3.16. The molecular weight excluding hydrogens is 280 g/mol. The maximum Gasteiger partial charge on any atom is 0.255 e. The molecule has 3 nitrogen and oxygen atoms in total. The van der Waals surface area contributed by atoms with E-state index in [2.05, 4.69) is 15.9 Å². The van der Waals surface area contributed by atoms with Gasteiger partial charge in [-0.2, -0.15) is 0 Å². The number of amidine groups is 1. The Morgan fingerprint density at radius 2 is 2.19 bits per heavy atom. The molecule has 0 aromatic heterocycles. The summed E-state index contributed by atoms with van der Waals surface area (Å²) in [7, 11) is 1.54. The molecule has 0 amide bonds. The number of rotatable bonds is 4. The molecule has 0 saturated heterocycles. The van der Waals surface area contributed by atoms with Gasteiger partial charge in [0, 0.05) is 22.8 Å². The van der Waals surface area contributed by atoms with Crippen LogP contribution in [0.3, 0.4) is 0 Å². The largest absolute Gasteiger partial charge is 0.384 e. The summed E-state index contributed by atoms with van der Waals surface area (Å²) < 4.78 is 25.3. The lowest BCUT2D eigenvalue weighted by Gasteiger charge is -2.21. The number of nitrogen functional groups attached to an aromatic ring is 1. The van der Waals surface area contributed by atoms with Crippen molar-refractivity contribution in [2.75, 3.05) is 18.5 Å². The molecule has 0 radical (unpaired) electrons. The van der Waals surface area contributed by atoms with Crippen LogP contribution in [0.25, 0.3) is 0 Å². The second-order valence-corrected chi connectivity index (χ2v) is 4.26. The smallest absolute Gasteiger partial charge is 0.255 e. The lowest BCUT2D eigenvalue weighted by atomic mass is 10.1. The van der Waals surface area contributed by atoms with Crippen molar-refractivity contribution < 1.29 is 8.78 Å². The molecule has 1 aromatic rings. The first-order valence-electron chi connectivity index (χ1n) is 4.55. The zero-order valence-electron chi connectivity index (χ0n) is 8.67. The molecule has 0 fully saturated rings. The Bertz CT molecular complexity index is 396. The van der Waals surface area contributed by atoms with Crippen LogP contribution in [0.15, 0.2) is 22.7 Å². The van der Waals surface area contributed by atoms with E-state index in [4.69, 9.17) is 11.1 Å². The summed E-state index contributed by atoms with van der Waals surface area (Å²) >= 11 is 3.25. The molecule has 1 rings (SSSR count). The molecule has 0 spiro atoms. The van der Waals surface area contributed by atoms with Gasteiger partial charge in [0.25, 0.3) is 6.43 Å². The molecule has 1 aromatic carbocycles. The second kappa shape index (κ2) is 5.25. The van der Waals surface area contributed by atoms with Crippen molar-refractivity contribution in [3.05, 3.63) is 28.2 Å². The Kier molecular flexibility index (Phi) is 4.23. The van der Waals surface area contributed by atoms with E-state index < -0.39 is 13.0 Å². The molecular formula is C10H12BrF2N3. The van der Waals surface area contributed by atoms with Gasteiger partial charge in [0.05, 0.1) is 6.54 Å². The molecule has 6 heteroatoms. The highest BCUT2D eigenvalue weighted by Gasteiger charge is 2.14. The summed E-state index contributed by atoms with van der Waals surface area (Å²) in [5.74, 6) is -0.136. The molecule has 0 aliphatic carbocycles. The zero-order chi connectivity index (χ0) is 12.3. The van der Waals surface area contributed by atoms with Crippen molar-refractivity contribution in [1.82, 2.24) is 0 Å². The first-order chi connectivity index (χ1) is 7.41. The van der Waals surface area contributed by atoms with Gasteiger partial charge in [-0.1, -0.05) is 15.9 Å². The van der Waals surface area contributed by atoms with E-state index in [1.165, 1.54) is 4.90 Å². The van der Waals surface area contributed by atoms with Crippen molar-refractivity contribution >= 4 is 27.5 Å². The highest BCUT2D eigenvalue weighted by molar-refractivity contribution is 9.10. The van der Waals surface area contributed by atoms with Crippen molar-refractivity contribution in [3.8, 4) is 0 Å². The highest BCUT2D eigenvalue weighted by Crippen LogP contribution is 2.24. The van der Waals surface area contributed by atoms with E-state index in [0.717, 1.165) is 4.47 Å². The fourth-order valence-corrected chi connectivity index (χ4v) is 1.70. The number of nitrogens with one attached hydrogen (secondary N) is 1. The van der Waals surface area contributed by atoms with Gasteiger partial charge in [-0.25, -0.2) is 8.78 Å². The van der Waals surface area contributed by atoms with Gasteiger partial charge in [-0.05, 0) is 18.2 Å². The lowest BCUT2D eigenvalue weighted by Crippen LogP contribution is -2.27. The summed E-state index contributed by atoms with van der Waals surface area (Å²) in [5, 5.41) is 7.37. The number of hydrogen-bond acceptors (Lipinski definition) is 2. The average molecular weight is 292 g/mol. The molecule has 88 valence electrons. The third-order valence-electron chi connectivity index (χ3n) is 2.07. The standard InChI is InChI=1S/C10H12BrF2N3/c1-16(5-9(12)13)8-4-6(11)2-3-7(8)10(14)15/h2-4,9H,5H2,1H3,(H3,14,15). The molecule has 0 aliphatic rings. The Morgan fingerprint density at radius 1 is 1.56 bits per heavy atom. The minimum absolute atomic E-state index is 0.136. The summed E-state index contributed by atoms with van der Waals surface area (Å²) in [6.45, 7) is -0.392. The number of hydrogen-bond donors (Lipinski definition) is 2. The van der Waals surface area contributed by atoms with E-state index in [-0.39, 0.29) is 5.84 Å². The van der Waals surface area contributed by atoms with Crippen LogP contribution in [0.1, 0.15) is 5.56 Å². The Hall–Kier alpha value is -1.17. The Labute approximate surface area is 101 Å². The van der Waals surface area contributed by atoms with E-state index in [0.29, 0.717) is 11.3 Å². The second-order valence-electron chi connectivity index (χ2n) is 3.35. The SMILES string of the molecule is CN(CC(F)F)c1cc(Br)ccc1C(=N)N. The molecule has 0 atom stereocenters. The van der Waals surface area contributed by atoms with Gasteiger partial charge in [0.2, 0.25) is 0 Å². The number of alkyl halides is 2. The molecule has 0 unspecified atom stereocenters. The van der Waals surface area contributed by atoms with Gasteiger partial charge < -0.3 is 10.6 Å². The highest BCUT2D eigenvalue weighted by atomic mass is 79.9. The molecule has 0 heterocycles. The van der Waals surface area contributed by atoms with E-state index in [1.54, 1.807) is 25.2 Å². The molecule has 3 N–H and O–H groups in total. The van der Waals surface area contributed by atoms with Crippen molar-refractivity contribution in [2.45, 2.75) is 6.43 Å². The summed E-state index contributed by atoms with van der Waals surface area (Å²) in [5.41, 5.74) is 6.35. The topological polar surface area (TPSA) is 53.1 Å². The zero-order valence-corrected chi connectivity index (χ0v) is 10.3. The predicted octanol–water partition coefficient (Wildman–Crippen LogP) is 2.43. The maximum absolute atomic E-state index is 12.3. The predicted molar refractivity (Wildman–Crippen MR) is 64.4 cm³/mol. The van der Waals surface area contributed by atoms with Gasteiger partial charge >= 0.3 is 0 Å². The fourth-order valence-electron chi connectivity index (χ4n) is 1.35. The minimum atomic E-state index is -2.43. The van der Waals surface area contributed by atoms with Crippen LogP contribution in [0.2, 0.25) is 0 Å². The number of halogens is 3. The number of nitrogens with zero attached hydrogens (tertiary/aromatic N) is 1. The summed E-state index contributed by atoms with van der Waals surface area (Å²) in [4.78, 5) is 1.38. The van der Waals surface area contributed by atoms with Crippen LogP contribution in [0.4, 0.5) is 14.5 Å². The van der Waals surface area contributed by atoms with Crippen LogP contribution in [0.5, 0.6) is 0 Å². The fraction of sp³-hybridized carbons (Fsp3) is 0.300. The Morgan fingerprint density at radius 3 is 2.69 bits per heavy atom. The quantitative estimate of drug-likeness (QED) is 0.661. The van der Waals surface area contributed by atoms with Crippen LogP contribution in [-0.2, 0) is 0 Å². The van der Waals surface area contributed by atoms with E-state index >= 15 is 0 Å². The van der Waals surface area contributed by atoms with Gasteiger partial charge in [0.1, 0.15) is 5.84 Å². The maximum atomic E-state index is 12.3. The van der Waals surface area contributed by atoms with Crippen molar-refractivity contribution in [2.24, 2.45) is 5.73 Å². The van der Waals surface area contributed by atoms with Crippen LogP contribution < -0.4 is 10.6 Å². The number of anilines is 1. The monoisotopic (exact) mass is 291 g/mol. The van der Waals surface area contributed by atoms with Gasteiger partial charge in [-0.15, -0.1) is 0 Å². The Balaban J connectivity index is 3.09. The third-order valence-corrected chi connectivity index (χ3v) is 2.57. The summed E-state index contributed by atoms with van der Waals surface area (Å²) in [6.07, 6.45) is -2.43. The number of benzene rings is 1. The van der Waals surface area contributed by atoms with Gasteiger partial charge in [0.15, 0.2) is 0 Å². The van der Waals surface area contributed by atoms with Crippen LogP contribution in [0, 0.1) is 5.41 Å². The van der Waals surface area contributed by atoms with E-state index in [1.807, 2.05) is 0 Å². The molecule has 16 heavy (non-hydrogen) atoms. The molecule has 0 bridgehead atoms. The lowest BCUT2D eigenvalue weighted by molar-refractivity contribution is 0.156. The first kappa shape index (κ1) is 12.9. The van der Waals surface area contributed by atoms with E-state index in [9.17, 15) is 8.78 Å².